The maximum Gasteiger partial charge on any atom is 0.134 e. The smallest absolute Gasteiger partial charge is 0.134 e. The van der Waals surface area contributed by atoms with Gasteiger partial charge in [-0.25, -0.2) is 0 Å². The van der Waals surface area contributed by atoms with Crippen molar-refractivity contribution < 1.29 is 4.42 Å². The van der Waals surface area contributed by atoms with E-state index in [9.17, 15) is 0 Å². The fourth-order valence-electron chi connectivity index (χ4n) is 2.50. The Bertz CT molecular complexity index is 720. The van der Waals surface area contributed by atoms with Crippen molar-refractivity contribution in [1.29, 1.82) is 0 Å². The first-order valence-electron chi connectivity index (χ1n) is 7.19. The zero-order valence-electron chi connectivity index (χ0n) is 12.3. The molecule has 0 amide bonds. The van der Waals surface area contributed by atoms with Crippen molar-refractivity contribution in [2.75, 3.05) is 0 Å². The van der Waals surface area contributed by atoms with Gasteiger partial charge in [-0.15, -0.1) is 0 Å². The lowest BCUT2D eigenvalue weighted by Crippen LogP contribution is -2.14. The van der Waals surface area contributed by atoms with Gasteiger partial charge in [-0.05, 0) is 35.1 Å². The molecule has 0 fully saturated rings. The average Bonchev–Trinajstić information content (AvgIpc) is 2.91. The van der Waals surface area contributed by atoms with Crippen LogP contribution in [0.25, 0.3) is 22.1 Å². The summed E-state index contributed by atoms with van der Waals surface area (Å²) in [6, 6.07) is 17.0. The van der Waals surface area contributed by atoms with Gasteiger partial charge in [-0.3, -0.25) is 0 Å². The average molecular weight is 264 g/mol. The van der Waals surface area contributed by atoms with Crippen LogP contribution in [0.15, 0.2) is 59.2 Å². The topological polar surface area (TPSA) is 13.1 Å². The van der Waals surface area contributed by atoms with Crippen LogP contribution in [-0.2, 0) is 5.41 Å². The number of rotatable bonds is 3. The minimum Gasteiger partial charge on any atom is -0.464 e. The standard InChI is InChI=1S/C19H20O/c1-4-19(2,3)15-10-11-18-16(12-15)17(13-20-18)14-8-6-5-7-9-14/h5-13H,4H2,1-3H3. The van der Waals surface area contributed by atoms with Crippen molar-refractivity contribution in [3.8, 4) is 11.1 Å². The second-order valence-electron chi connectivity index (χ2n) is 5.96. The maximum absolute atomic E-state index is 5.70. The van der Waals surface area contributed by atoms with E-state index in [-0.39, 0.29) is 5.41 Å². The van der Waals surface area contributed by atoms with Crippen LogP contribution in [0.3, 0.4) is 0 Å². The Morgan fingerprint density at radius 2 is 1.75 bits per heavy atom. The maximum atomic E-state index is 5.70. The molecule has 1 nitrogen and oxygen atoms in total. The first kappa shape index (κ1) is 13.0. The van der Waals surface area contributed by atoms with Gasteiger partial charge in [-0.2, -0.15) is 0 Å². The van der Waals surface area contributed by atoms with Crippen molar-refractivity contribution in [3.63, 3.8) is 0 Å². The fourth-order valence-corrected chi connectivity index (χ4v) is 2.50. The van der Waals surface area contributed by atoms with E-state index in [2.05, 4.69) is 63.2 Å². The molecule has 0 aliphatic rings. The molecule has 0 unspecified atom stereocenters. The lowest BCUT2D eigenvalue weighted by atomic mass is 9.81. The molecule has 1 heterocycles. The van der Waals surface area contributed by atoms with E-state index in [0.717, 1.165) is 12.0 Å². The molecule has 2 aromatic carbocycles. The Morgan fingerprint density at radius 1 is 1.00 bits per heavy atom. The summed E-state index contributed by atoms with van der Waals surface area (Å²) >= 11 is 0. The molecule has 0 aliphatic heterocycles. The van der Waals surface area contributed by atoms with Gasteiger partial charge < -0.3 is 4.42 Å². The Kier molecular flexibility index (Phi) is 3.13. The predicted molar refractivity (Wildman–Crippen MR) is 85.0 cm³/mol. The van der Waals surface area contributed by atoms with Crippen LogP contribution in [0, 0.1) is 0 Å². The summed E-state index contributed by atoms with van der Waals surface area (Å²) in [6.45, 7) is 6.81. The van der Waals surface area contributed by atoms with E-state index in [1.165, 1.54) is 22.1 Å². The van der Waals surface area contributed by atoms with Gasteiger partial charge in [-0.1, -0.05) is 57.2 Å². The zero-order valence-corrected chi connectivity index (χ0v) is 12.3. The SMILES string of the molecule is CCC(C)(C)c1ccc2occ(-c3ccccc3)c2c1. The van der Waals surface area contributed by atoms with Gasteiger partial charge in [0.2, 0.25) is 0 Å². The fraction of sp³-hybridized carbons (Fsp3) is 0.263. The third kappa shape index (κ3) is 2.14. The first-order valence-corrected chi connectivity index (χ1v) is 7.19. The molecule has 102 valence electrons. The zero-order chi connectivity index (χ0) is 14.2. The highest BCUT2D eigenvalue weighted by molar-refractivity contribution is 5.94. The molecule has 0 saturated heterocycles. The van der Waals surface area contributed by atoms with Crippen LogP contribution in [0.5, 0.6) is 0 Å². The second-order valence-corrected chi connectivity index (χ2v) is 5.96. The van der Waals surface area contributed by atoms with E-state index in [1.54, 1.807) is 0 Å². The molecule has 20 heavy (non-hydrogen) atoms. The molecule has 0 radical (unpaired) electrons. The lowest BCUT2D eigenvalue weighted by molar-refractivity contribution is 0.506. The Labute approximate surface area is 120 Å². The van der Waals surface area contributed by atoms with Gasteiger partial charge in [0.1, 0.15) is 5.58 Å². The molecule has 1 aromatic heterocycles. The Hall–Kier alpha value is -2.02. The third-order valence-electron chi connectivity index (χ3n) is 4.32. The normalized spacial score (nSPS) is 11.9. The van der Waals surface area contributed by atoms with Gasteiger partial charge in [0.05, 0.1) is 6.26 Å². The van der Waals surface area contributed by atoms with Crippen molar-refractivity contribution in [1.82, 2.24) is 0 Å². The highest BCUT2D eigenvalue weighted by Gasteiger charge is 2.19. The molecule has 0 saturated carbocycles. The highest BCUT2D eigenvalue weighted by atomic mass is 16.3. The van der Waals surface area contributed by atoms with Gasteiger partial charge in [0, 0.05) is 10.9 Å². The summed E-state index contributed by atoms with van der Waals surface area (Å²) in [5.41, 5.74) is 4.90. The number of benzene rings is 2. The van der Waals surface area contributed by atoms with Gasteiger partial charge in [0.25, 0.3) is 0 Å². The minimum absolute atomic E-state index is 0.194. The number of hydrogen-bond acceptors (Lipinski definition) is 1. The van der Waals surface area contributed by atoms with Crippen molar-refractivity contribution >= 4 is 11.0 Å². The molecule has 1 heteroatoms. The van der Waals surface area contributed by atoms with Crippen molar-refractivity contribution in [2.45, 2.75) is 32.6 Å². The van der Waals surface area contributed by atoms with Gasteiger partial charge in [0.15, 0.2) is 0 Å². The molecule has 3 rings (SSSR count). The van der Waals surface area contributed by atoms with Gasteiger partial charge >= 0.3 is 0 Å². The molecule has 3 aromatic rings. The summed E-state index contributed by atoms with van der Waals surface area (Å²) in [5, 5.41) is 1.20. The molecular weight excluding hydrogens is 244 g/mol. The summed E-state index contributed by atoms with van der Waals surface area (Å²) in [6.07, 6.45) is 2.99. The molecule has 0 bridgehead atoms. The molecule has 0 spiro atoms. The second kappa shape index (κ2) is 4.82. The van der Waals surface area contributed by atoms with Crippen LogP contribution in [0.1, 0.15) is 32.8 Å². The van der Waals surface area contributed by atoms with Crippen molar-refractivity contribution in [3.05, 3.63) is 60.4 Å². The number of hydrogen-bond donors (Lipinski definition) is 0. The van der Waals surface area contributed by atoms with Crippen LogP contribution in [-0.4, -0.2) is 0 Å². The van der Waals surface area contributed by atoms with E-state index in [4.69, 9.17) is 4.42 Å². The molecule has 0 N–H and O–H groups in total. The van der Waals surface area contributed by atoms with Crippen LogP contribution < -0.4 is 0 Å². The first-order chi connectivity index (χ1) is 9.62. The van der Waals surface area contributed by atoms with Crippen LogP contribution in [0.2, 0.25) is 0 Å². The van der Waals surface area contributed by atoms with E-state index >= 15 is 0 Å². The summed E-state index contributed by atoms with van der Waals surface area (Å²) < 4.78 is 5.70. The number of fused-ring (bicyclic) bond motifs is 1. The van der Waals surface area contributed by atoms with Crippen molar-refractivity contribution in [2.24, 2.45) is 0 Å². The summed E-state index contributed by atoms with van der Waals surface area (Å²) in [5.74, 6) is 0. The van der Waals surface area contributed by atoms with Crippen LogP contribution >= 0.6 is 0 Å². The van der Waals surface area contributed by atoms with Crippen LogP contribution in [0.4, 0.5) is 0 Å². The van der Waals surface area contributed by atoms with E-state index < -0.39 is 0 Å². The predicted octanol–water partition coefficient (Wildman–Crippen LogP) is 5.79. The third-order valence-corrected chi connectivity index (χ3v) is 4.32. The molecular formula is C19H20O. The van der Waals surface area contributed by atoms with E-state index in [1.807, 2.05) is 12.3 Å². The minimum atomic E-state index is 0.194. The highest BCUT2D eigenvalue weighted by Crippen LogP contribution is 2.35. The molecule has 0 atom stereocenters. The monoisotopic (exact) mass is 264 g/mol. The summed E-state index contributed by atoms with van der Waals surface area (Å²) in [4.78, 5) is 0. The quantitative estimate of drug-likeness (QED) is 0.583. The molecule has 0 aliphatic carbocycles. The Balaban J connectivity index is 2.18. The van der Waals surface area contributed by atoms with E-state index in [0.29, 0.717) is 0 Å². The number of furan rings is 1. The summed E-state index contributed by atoms with van der Waals surface area (Å²) in [7, 11) is 0. The Morgan fingerprint density at radius 3 is 2.45 bits per heavy atom. The lowest BCUT2D eigenvalue weighted by Gasteiger charge is -2.23. The largest absolute Gasteiger partial charge is 0.464 e.